The van der Waals surface area contributed by atoms with Crippen LogP contribution in [0, 0.1) is 0 Å². The van der Waals surface area contributed by atoms with Crippen LogP contribution in [0.25, 0.3) is 0 Å². The highest BCUT2D eigenvalue weighted by atomic mass is 16.5. The molecule has 0 aliphatic rings. The van der Waals surface area contributed by atoms with Crippen LogP contribution in [-0.4, -0.2) is 34.2 Å². The molecule has 2 rings (SSSR count). The number of nitrogens with zero attached hydrogens (tertiary/aromatic N) is 2. The number of rotatable bonds is 8. The number of hydrogen-bond acceptors (Lipinski definition) is 4. The Morgan fingerprint density at radius 1 is 1.33 bits per heavy atom. The lowest BCUT2D eigenvalue weighted by Gasteiger charge is -2.05. The number of amides is 1. The van der Waals surface area contributed by atoms with Gasteiger partial charge in [0, 0.05) is 19.6 Å². The third-order valence-corrected chi connectivity index (χ3v) is 2.93. The van der Waals surface area contributed by atoms with E-state index in [2.05, 4.69) is 20.5 Å². The summed E-state index contributed by atoms with van der Waals surface area (Å²) in [6.07, 6.45) is 1.48. The largest absolute Gasteiger partial charge is 0.377 e. The molecule has 0 saturated carbocycles. The maximum Gasteiger partial charge on any atom is 0.290 e. The minimum atomic E-state index is -0.256. The van der Waals surface area contributed by atoms with Gasteiger partial charge in [-0.2, -0.15) is 0 Å². The molecule has 21 heavy (non-hydrogen) atoms. The van der Waals surface area contributed by atoms with Crippen LogP contribution < -0.4 is 5.32 Å². The zero-order valence-electron chi connectivity index (χ0n) is 12.1. The average Bonchev–Trinajstić information content (AvgIpc) is 3.00. The van der Waals surface area contributed by atoms with Gasteiger partial charge in [0.2, 0.25) is 5.82 Å². The Morgan fingerprint density at radius 3 is 2.86 bits per heavy atom. The van der Waals surface area contributed by atoms with Gasteiger partial charge >= 0.3 is 0 Å². The van der Waals surface area contributed by atoms with E-state index in [1.807, 2.05) is 37.3 Å². The molecule has 0 radical (unpaired) electrons. The second-order valence-corrected chi connectivity index (χ2v) is 4.61. The quantitative estimate of drug-likeness (QED) is 0.725. The normalized spacial score (nSPS) is 10.5. The third-order valence-electron chi connectivity index (χ3n) is 2.93. The maximum atomic E-state index is 11.7. The van der Waals surface area contributed by atoms with E-state index in [4.69, 9.17) is 4.74 Å². The van der Waals surface area contributed by atoms with E-state index in [0.717, 1.165) is 18.4 Å². The molecule has 0 saturated heterocycles. The van der Waals surface area contributed by atoms with Gasteiger partial charge in [-0.05, 0) is 12.0 Å². The number of nitrogens with one attached hydrogen (secondary N) is 2. The van der Waals surface area contributed by atoms with Crippen molar-refractivity contribution in [2.24, 2.45) is 0 Å². The lowest BCUT2D eigenvalue weighted by molar-refractivity contribution is 0.0925. The van der Waals surface area contributed by atoms with E-state index in [1.165, 1.54) is 0 Å². The van der Waals surface area contributed by atoms with Crippen LogP contribution in [0.5, 0.6) is 0 Å². The molecule has 0 aliphatic heterocycles. The molecule has 0 fully saturated rings. The number of carbonyl (C=O) groups excluding carboxylic acids is 1. The summed E-state index contributed by atoms with van der Waals surface area (Å²) in [5, 5.41) is 9.35. The van der Waals surface area contributed by atoms with Crippen LogP contribution in [0.3, 0.4) is 0 Å². The number of hydrogen-bond donors (Lipinski definition) is 2. The molecule has 6 nitrogen and oxygen atoms in total. The minimum Gasteiger partial charge on any atom is -0.377 e. The van der Waals surface area contributed by atoms with E-state index < -0.39 is 0 Å². The number of aryl methyl sites for hydroxylation is 1. The van der Waals surface area contributed by atoms with Gasteiger partial charge in [-0.15, -0.1) is 5.10 Å². The third kappa shape index (κ3) is 5.00. The van der Waals surface area contributed by atoms with Crippen LogP contribution in [0.2, 0.25) is 0 Å². The molecule has 0 atom stereocenters. The fraction of sp³-hybridized carbons (Fsp3) is 0.400. The lowest BCUT2D eigenvalue weighted by Crippen LogP contribution is -2.26. The second kappa shape index (κ2) is 8.16. The van der Waals surface area contributed by atoms with Gasteiger partial charge in [-0.1, -0.05) is 37.3 Å². The number of aromatic amines is 1. The Morgan fingerprint density at radius 2 is 2.14 bits per heavy atom. The smallest absolute Gasteiger partial charge is 0.290 e. The first-order valence-electron chi connectivity index (χ1n) is 7.10. The van der Waals surface area contributed by atoms with E-state index >= 15 is 0 Å². The van der Waals surface area contributed by atoms with Crippen LogP contribution in [0.1, 0.15) is 35.4 Å². The topological polar surface area (TPSA) is 79.9 Å². The number of aromatic nitrogens is 3. The fourth-order valence-corrected chi connectivity index (χ4v) is 1.77. The van der Waals surface area contributed by atoms with Crippen molar-refractivity contribution in [3.63, 3.8) is 0 Å². The van der Waals surface area contributed by atoms with Gasteiger partial charge in [0.05, 0.1) is 6.61 Å². The van der Waals surface area contributed by atoms with Gasteiger partial charge in [0.25, 0.3) is 5.91 Å². The molecular weight excluding hydrogens is 268 g/mol. The summed E-state index contributed by atoms with van der Waals surface area (Å²) in [5.74, 6) is 0.650. The van der Waals surface area contributed by atoms with E-state index in [0.29, 0.717) is 25.6 Å². The highest BCUT2D eigenvalue weighted by Crippen LogP contribution is 2.00. The zero-order valence-corrected chi connectivity index (χ0v) is 12.1. The summed E-state index contributed by atoms with van der Waals surface area (Å²) < 4.78 is 5.54. The highest BCUT2D eigenvalue weighted by Gasteiger charge is 2.10. The Balaban J connectivity index is 1.58. The predicted molar refractivity (Wildman–Crippen MR) is 78.8 cm³/mol. The predicted octanol–water partition coefficient (Wildman–Crippen LogP) is 1.70. The summed E-state index contributed by atoms with van der Waals surface area (Å²) in [6, 6.07) is 10.00. The van der Waals surface area contributed by atoms with Gasteiger partial charge in [-0.25, -0.2) is 4.98 Å². The van der Waals surface area contributed by atoms with Crippen LogP contribution in [0.15, 0.2) is 30.3 Å². The molecule has 1 amide bonds. The fourth-order valence-electron chi connectivity index (χ4n) is 1.77. The Kier molecular flexibility index (Phi) is 5.90. The summed E-state index contributed by atoms with van der Waals surface area (Å²) >= 11 is 0. The summed E-state index contributed by atoms with van der Waals surface area (Å²) in [7, 11) is 0. The van der Waals surface area contributed by atoms with Crippen molar-refractivity contribution in [1.82, 2.24) is 20.5 Å². The molecule has 1 aromatic carbocycles. The van der Waals surface area contributed by atoms with E-state index in [1.54, 1.807) is 0 Å². The van der Waals surface area contributed by atoms with Crippen molar-refractivity contribution in [2.45, 2.75) is 26.4 Å². The first-order valence-corrected chi connectivity index (χ1v) is 7.10. The second-order valence-electron chi connectivity index (χ2n) is 4.61. The highest BCUT2D eigenvalue weighted by molar-refractivity contribution is 5.90. The standard InChI is InChI=1S/C15H20N4O2/c1-2-13-17-14(19-18-13)15(20)16-9-6-10-21-11-12-7-4-3-5-8-12/h3-5,7-8H,2,6,9-11H2,1H3,(H,16,20)(H,17,18,19). The van der Waals surface area contributed by atoms with Gasteiger partial charge in [-0.3, -0.25) is 9.89 Å². The number of benzene rings is 1. The van der Waals surface area contributed by atoms with Crippen LogP contribution in [0.4, 0.5) is 0 Å². The SMILES string of the molecule is CCc1nc(C(=O)NCCCOCc2ccccc2)n[nH]1. The Bertz CT molecular complexity index is 554. The molecule has 1 heterocycles. The molecule has 6 heteroatoms. The van der Waals surface area contributed by atoms with Crippen molar-refractivity contribution in [3.8, 4) is 0 Å². The summed E-state index contributed by atoms with van der Waals surface area (Å²) in [4.78, 5) is 15.8. The Hall–Kier alpha value is -2.21. The van der Waals surface area contributed by atoms with Crippen molar-refractivity contribution < 1.29 is 9.53 Å². The molecule has 0 aliphatic carbocycles. The first kappa shape index (κ1) is 15.2. The van der Waals surface area contributed by atoms with E-state index in [-0.39, 0.29) is 11.7 Å². The average molecular weight is 288 g/mol. The molecule has 2 aromatic rings. The van der Waals surface area contributed by atoms with Crippen molar-refractivity contribution in [3.05, 3.63) is 47.5 Å². The molecule has 2 N–H and O–H groups in total. The number of ether oxygens (including phenoxy) is 1. The minimum absolute atomic E-state index is 0.192. The molecule has 112 valence electrons. The molecule has 0 unspecified atom stereocenters. The summed E-state index contributed by atoms with van der Waals surface area (Å²) in [5.41, 5.74) is 1.15. The lowest BCUT2D eigenvalue weighted by atomic mass is 10.2. The van der Waals surface area contributed by atoms with Crippen molar-refractivity contribution in [1.29, 1.82) is 0 Å². The monoisotopic (exact) mass is 288 g/mol. The first-order chi connectivity index (χ1) is 10.3. The zero-order chi connectivity index (χ0) is 14.9. The molecule has 0 bridgehead atoms. The Labute approximate surface area is 123 Å². The van der Waals surface area contributed by atoms with Gasteiger partial charge in [0.1, 0.15) is 5.82 Å². The van der Waals surface area contributed by atoms with Gasteiger partial charge < -0.3 is 10.1 Å². The van der Waals surface area contributed by atoms with Crippen LogP contribution >= 0.6 is 0 Å². The molecule has 0 spiro atoms. The number of H-pyrrole nitrogens is 1. The number of carbonyl (C=O) groups is 1. The van der Waals surface area contributed by atoms with E-state index in [9.17, 15) is 4.79 Å². The van der Waals surface area contributed by atoms with Crippen molar-refractivity contribution >= 4 is 5.91 Å². The molecule has 1 aromatic heterocycles. The molecular formula is C15H20N4O2. The summed E-state index contributed by atoms with van der Waals surface area (Å²) in [6.45, 7) is 3.69. The van der Waals surface area contributed by atoms with Crippen molar-refractivity contribution in [2.75, 3.05) is 13.2 Å². The van der Waals surface area contributed by atoms with Gasteiger partial charge in [0.15, 0.2) is 0 Å². The maximum absolute atomic E-state index is 11.7. The van der Waals surface area contributed by atoms with Crippen LogP contribution in [-0.2, 0) is 17.8 Å².